The molecule has 0 saturated heterocycles. The second-order valence-electron chi connectivity index (χ2n) is 6.04. The molecule has 0 saturated carbocycles. The van der Waals surface area contributed by atoms with Gasteiger partial charge in [0, 0.05) is 24.8 Å². The number of anilines is 1. The van der Waals surface area contributed by atoms with E-state index in [1.807, 2.05) is 13.8 Å². The van der Waals surface area contributed by atoms with Crippen LogP contribution in [0.4, 0.5) is 5.13 Å². The highest BCUT2D eigenvalue weighted by atomic mass is 32.2. The maximum atomic E-state index is 12.1. The Morgan fingerprint density at radius 1 is 1.14 bits per heavy atom. The molecule has 0 spiro atoms. The number of hydrogen-bond acceptors (Lipinski definition) is 9. The number of amides is 1. The lowest BCUT2D eigenvalue weighted by molar-refractivity contribution is -0.118. The minimum absolute atomic E-state index is 0.225. The molecule has 12 heteroatoms. The molecule has 3 rings (SSSR count). The van der Waals surface area contributed by atoms with E-state index in [0.717, 1.165) is 18.5 Å². The third-order valence-electron chi connectivity index (χ3n) is 3.96. The van der Waals surface area contributed by atoms with Crippen LogP contribution >= 0.6 is 11.3 Å². The van der Waals surface area contributed by atoms with Crippen LogP contribution in [-0.2, 0) is 27.6 Å². The smallest absolute Gasteiger partial charge is 0.317 e. The molecule has 3 aromatic rings. The van der Waals surface area contributed by atoms with Crippen molar-refractivity contribution < 1.29 is 17.9 Å². The quantitative estimate of drug-likeness (QED) is 0.566. The van der Waals surface area contributed by atoms with Crippen LogP contribution in [0.25, 0.3) is 10.6 Å². The summed E-state index contributed by atoms with van der Waals surface area (Å²) in [5.41, 5.74) is 0.704. The van der Waals surface area contributed by atoms with Gasteiger partial charge in [0.05, 0.1) is 4.90 Å². The zero-order valence-corrected chi connectivity index (χ0v) is 17.7. The van der Waals surface area contributed by atoms with Crippen molar-refractivity contribution in [3.8, 4) is 16.6 Å². The van der Waals surface area contributed by atoms with Gasteiger partial charge in [-0.2, -0.15) is 0 Å². The van der Waals surface area contributed by atoms with Crippen LogP contribution in [0.3, 0.4) is 0 Å². The number of aryl methyl sites for hydroxylation is 1. The van der Waals surface area contributed by atoms with Crippen LogP contribution in [0.15, 0.2) is 29.2 Å². The molecule has 2 heterocycles. The van der Waals surface area contributed by atoms with Gasteiger partial charge in [-0.05, 0) is 19.1 Å². The highest BCUT2D eigenvalue weighted by Gasteiger charge is 2.14. The number of nitrogens with one attached hydrogen (secondary N) is 1. The molecule has 1 N–H and O–H groups in total. The lowest BCUT2D eigenvalue weighted by atomic mass is 10.2. The van der Waals surface area contributed by atoms with Gasteiger partial charge in [0.15, 0.2) is 16.4 Å². The summed E-state index contributed by atoms with van der Waals surface area (Å²) in [6, 6.07) is 6.60. The summed E-state index contributed by atoms with van der Waals surface area (Å²) in [4.78, 5) is 12.4. The molecule has 154 valence electrons. The predicted molar refractivity (Wildman–Crippen MR) is 108 cm³/mol. The summed E-state index contributed by atoms with van der Waals surface area (Å²) >= 11 is 1.17. The average molecular weight is 437 g/mol. The van der Waals surface area contributed by atoms with E-state index in [1.165, 1.54) is 23.5 Å². The summed E-state index contributed by atoms with van der Waals surface area (Å²) in [6.07, 6.45) is 1.86. The summed E-state index contributed by atoms with van der Waals surface area (Å²) in [6.45, 7) is 4.32. The highest BCUT2D eigenvalue weighted by Crippen LogP contribution is 2.27. The van der Waals surface area contributed by atoms with Gasteiger partial charge < -0.3 is 4.74 Å². The highest BCUT2D eigenvalue weighted by molar-refractivity contribution is 7.90. The average Bonchev–Trinajstić information content (AvgIpc) is 3.32. The van der Waals surface area contributed by atoms with E-state index >= 15 is 0 Å². The number of sulfone groups is 1. The van der Waals surface area contributed by atoms with Crippen molar-refractivity contribution in [1.82, 2.24) is 25.0 Å². The Kier molecular flexibility index (Phi) is 6.23. The molecule has 2 aromatic heterocycles. The number of carbonyl (C=O) groups is 1. The van der Waals surface area contributed by atoms with E-state index in [9.17, 15) is 13.2 Å². The SMILES string of the molecule is CCc1nnc(OCC(=O)Nc2nnc(-c3ccc(S(C)(=O)=O)cc3)s2)n1CC. The Morgan fingerprint density at radius 2 is 1.86 bits per heavy atom. The van der Waals surface area contributed by atoms with Crippen molar-refractivity contribution >= 4 is 32.2 Å². The summed E-state index contributed by atoms with van der Waals surface area (Å²) in [7, 11) is -3.26. The Labute approximate surface area is 171 Å². The van der Waals surface area contributed by atoms with Crippen molar-refractivity contribution in [2.24, 2.45) is 0 Å². The van der Waals surface area contributed by atoms with Gasteiger partial charge in [0.25, 0.3) is 5.91 Å². The minimum atomic E-state index is -3.26. The van der Waals surface area contributed by atoms with Crippen molar-refractivity contribution in [1.29, 1.82) is 0 Å². The summed E-state index contributed by atoms with van der Waals surface area (Å²) in [5, 5.41) is 19.4. The molecule has 0 aliphatic carbocycles. The second kappa shape index (κ2) is 8.66. The van der Waals surface area contributed by atoms with Crippen LogP contribution < -0.4 is 10.1 Å². The normalized spacial score (nSPS) is 11.4. The van der Waals surface area contributed by atoms with E-state index < -0.39 is 15.7 Å². The number of ether oxygens (including phenoxy) is 1. The molecule has 0 atom stereocenters. The molecular weight excluding hydrogens is 416 g/mol. The van der Waals surface area contributed by atoms with Gasteiger partial charge in [-0.1, -0.05) is 35.5 Å². The van der Waals surface area contributed by atoms with Gasteiger partial charge in [-0.15, -0.1) is 15.3 Å². The molecule has 0 radical (unpaired) electrons. The lowest BCUT2D eigenvalue weighted by Gasteiger charge is -2.07. The van der Waals surface area contributed by atoms with E-state index in [0.29, 0.717) is 28.3 Å². The molecule has 0 aliphatic heterocycles. The van der Waals surface area contributed by atoms with Crippen LogP contribution in [-0.4, -0.2) is 52.1 Å². The van der Waals surface area contributed by atoms with Gasteiger partial charge in [-0.3, -0.25) is 14.7 Å². The molecule has 1 amide bonds. The van der Waals surface area contributed by atoms with Gasteiger partial charge >= 0.3 is 6.01 Å². The van der Waals surface area contributed by atoms with Crippen LogP contribution in [0.2, 0.25) is 0 Å². The summed E-state index contributed by atoms with van der Waals surface area (Å²) < 4.78 is 30.3. The third-order valence-corrected chi connectivity index (χ3v) is 5.98. The molecule has 10 nitrogen and oxygen atoms in total. The first-order valence-electron chi connectivity index (χ1n) is 8.80. The Morgan fingerprint density at radius 3 is 2.48 bits per heavy atom. The van der Waals surface area contributed by atoms with Crippen LogP contribution in [0, 0.1) is 0 Å². The molecule has 1 aromatic carbocycles. The van der Waals surface area contributed by atoms with Gasteiger partial charge in [-0.25, -0.2) is 8.42 Å². The second-order valence-corrected chi connectivity index (χ2v) is 9.04. The van der Waals surface area contributed by atoms with Crippen LogP contribution in [0.1, 0.15) is 19.7 Å². The first-order valence-corrected chi connectivity index (χ1v) is 11.5. The zero-order chi connectivity index (χ0) is 21.0. The number of aromatic nitrogens is 5. The number of rotatable bonds is 8. The number of carbonyl (C=O) groups excluding carboxylic acids is 1. The molecule has 0 fully saturated rings. The van der Waals surface area contributed by atoms with Crippen molar-refractivity contribution in [3.63, 3.8) is 0 Å². The molecule has 0 unspecified atom stereocenters. The molecule has 0 bridgehead atoms. The standard InChI is InChI=1S/C17H20N6O4S2/c1-4-13-19-22-17(23(13)5-2)27-10-14(24)18-16-21-20-15(28-16)11-6-8-12(9-7-11)29(3,25)26/h6-9H,4-5,10H2,1-3H3,(H,18,21,24). The fraction of sp³-hybridized carbons (Fsp3) is 0.353. The maximum absolute atomic E-state index is 12.1. The molecular formula is C17H20N6O4S2. The van der Waals surface area contributed by atoms with Crippen molar-refractivity contribution in [3.05, 3.63) is 30.1 Å². The van der Waals surface area contributed by atoms with E-state index in [4.69, 9.17) is 4.74 Å². The third kappa shape index (κ3) is 4.95. The Balaban J connectivity index is 1.61. The molecule has 29 heavy (non-hydrogen) atoms. The largest absolute Gasteiger partial charge is 0.453 e. The monoisotopic (exact) mass is 436 g/mol. The topological polar surface area (TPSA) is 129 Å². The minimum Gasteiger partial charge on any atom is -0.453 e. The Bertz CT molecular complexity index is 1110. The van der Waals surface area contributed by atoms with Crippen LogP contribution in [0.5, 0.6) is 6.01 Å². The lowest BCUT2D eigenvalue weighted by Crippen LogP contribution is -2.21. The first kappa shape index (κ1) is 20.9. The van der Waals surface area contributed by atoms with E-state index in [-0.39, 0.29) is 11.5 Å². The number of benzene rings is 1. The van der Waals surface area contributed by atoms with Crippen molar-refractivity contribution in [2.75, 3.05) is 18.2 Å². The number of hydrogen-bond donors (Lipinski definition) is 1. The maximum Gasteiger partial charge on any atom is 0.317 e. The van der Waals surface area contributed by atoms with Crippen molar-refractivity contribution in [2.45, 2.75) is 31.7 Å². The predicted octanol–water partition coefficient (Wildman–Crippen LogP) is 1.80. The van der Waals surface area contributed by atoms with E-state index in [2.05, 4.69) is 25.7 Å². The fourth-order valence-corrected chi connectivity index (χ4v) is 3.92. The first-order chi connectivity index (χ1) is 13.8. The summed E-state index contributed by atoms with van der Waals surface area (Å²) in [5.74, 6) is 0.391. The van der Waals surface area contributed by atoms with E-state index in [1.54, 1.807) is 16.7 Å². The number of nitrogens with zero attached hydrogens (tertiary/aromatic N) is 5. The van der Waals surface area contributed by atoms with Gasteiger partial charge in [0.1, 0.15) is 10.8 Å². The van der Waals surface area contributed by atoms with Gasteiger partial charge in [0.2, 0.25) is 5.13 Å². The fourth-order valence-electron chi connectivity index (χ4n) is 2.53. The zero-order valence-electron chi connectivity index (χ0n) is 16.1. The Hall–Kier alpha value is -2.86. The molecule has 0 aliphatic rings.